The van der Waals surface area contributed by atoms with E-state index in [0.29, 0.717) is 0 Å². The van der Waals surface area contributed by atoms with E-state index >= 15 is 0 Å². The minimum Gasteiger partial charge on any atom is -0.481 e. The van der Waals surface area contributed by atoms with Crippen molar-refractivity contribution in [2.45, 2.75) is 38.5 Å². The second-order valence-corrected chi connectivity index (χ2v) is 5.57. The first kappa shape index (κ1) is 16.9. The Morgan fingerprint density at radius 2 is 1.70 bits per heavy atom. The maximum absolute atomic E-state index is 10.5. The predicted octanol–water partition coefficient (Wildman–Crippen LogP) is 4.94. The Hall–Kier alpha value is -2.42. The highest BCUT2D eigenvalue weighted by Crippen LogP contribution is 2.23. The van der Waals surface area contributed by atoms with Gasteiger partial charge in [0.05, 0.1) is 0 Å². The van der Waals surface area contributed by atoms with Crippen LogP contribution in [0.15, 0.2) is 60.9 Å². The van der Waals surface area contributed by atoms with Crippen molar-refractivity contribution >= 4 is 11.5 Å². The van der Waals surface area contributed by atoms with Crippen LogP contribution >= 0.6 is 0 Å². The van der Waals surface area contributed by atoms with E-state index in [1.165, 1.54) is 11.1 Å². The van der Waals surface area contributed by atoms with Crippen LogP contribution in [0.1, 0.15) is 49.7 Å². The van der Waals surface area contributed by atoms with Crippen molar-refractivity contribution in [3.05, 3.63) is 72.1 Å². The lowest BCUT2D eigenvalue weighted by molar-refractivity contribution is -0.137. The average molecular weight is 309 g/mol. The van der Waals surface area contributed by atoms with E-state index in [9.17, 15) is 4.79 Å². The summed E-state index contributed by atoms with van der Waals surface area (Å²) in [7, 11) is 0. The van der Waals surface area contributed by atoms with E-state index in [2.05, 4.69) is 29.3 Å². The number of unbranched alkanes of at least 4 members (excludes halogenated alkanes) is 4. The number of hydrogen-bond acceptors (Lipinski definition) is 2. The fourth-order valence-electron chi connectivity index (χ4n) is 2.56. The maximum atomic E-state index is 10.5. The van der Waals surface area contributed by atoms with Crippen LogP contribution in [0.3, 0.4) is 0 Å². The number of hydrogen-bond donors (Lipinski definition) is 1. The molecule has 3 heteroatoms. The van der Waals surface area contributed by atoms with Gasteiger partial charge >= 0.3 is 5.97 Å². The first-order valence-electron chi connectivity index (χ1n) is 8.15. The first-order valence-corrected chi connectivity index (χ1v) is 8.15. The van der Waals surface area contributed by atoms with Gasteiger partial charge in [0.2, 0.25) is 0 Å². The Morgan fingerprint density at radius 3 is 2.39 bits per heavy atom. The number of nitrogens with zero attached hydrogens (tertiary/aromatic N) is 1. The largest absolute Gasteiger partial charge is 0.481 e. The molecule has 0 aliphatic heterocycles. The number of benzene rings is 1. The molecule has 0 atom stereocenters. The van der Waals surface area contributed by atoms with Crippen molar-refractivity contribution in [3.8, 4) is 0 Å². The van der Waals surface area contributed by atoms with Gasteiger partial charge in [-0.25, -0.2) is 0 Å². The lowest BCUT2D eigenvalue weighted by Crippen LogP contribution is -1.93. The summed E-state index contributed by atoms with van der Waals surface area (Å²) in [4.78, 5) is 14.7. The van der Waals surface area contributed by atoms with Gasteiger partial charge in [0.15, 0.2) is 0 Å². The molecule has 2 aromatic rings. The zero-order valence-electron chi connectivity index (χ0n) is 13.3. The van der Waals surface area contributed by atoms with E-state index in [1.807, 2.05) is 30.5 Å². The molecule has 0 amide bonds. The number of rotatable bonds is 9. The summed E-state index contributed by atoms with van der Waals surface area (Å²) in [6.07, 6.45) is 11.1. The number of aliphatic carboxylic acids is 1. The maximum Gasteiger partial charge on any atom is 0.303 e. The zero-order valence-corrected chi connectivity index (χ0v) is 13.3. The van der Waals surface area contributed by atoms with E-state index in [1.54, 1.807) is 6.20 Å². The number of allylic oxidation sites excluding steroid dienone is 1. The monoisotopic (exact) mass is 309 g/mol. The molecule has 3 nitrogen and oxygen atoms in total. The minimum absolute atomic E-state index is 0.279. The minimum atomic E-state index is -0.701. The van der Waals surface area contributed by atoms with E-state index in [0.717, 1.165) is 37.7 Å². The van der Waals surface area contributed by atoms with Crippen LogP contribution in [-0.2, 0) is 4.79 Å². The number of pyridine rings is 1. The molecule has 0 fully saturated rings. The fourth-order valence-corrected chi connectivity index (χ4v) is 2.56. The Balaban J connectivity index is 1.94. The van der Waals surface area contributed by atoms with E-state index in [-0.39, 0.29) is 6.42 Å². The number of carboxylic acid groups (broad SMARTS) is 1. The van der Waals surface area contributed by atoms with Gasteiger partial charge in [-0.05, 0) is 36.5 Å². The summed E-state index contributed by atoms with van der Waals surface area (Å²) in [6.45, 7) is 0. The summed E-state index contributed by atoms with van der Waals surface area (Å²) >= 11 is 0. The molecule has 0 saturated heterocycles. The molecule has 0 bridgehead atoms. The SMILES string of the molecule is O=C(O)CCCCCC/C=C(/c1ccccc1)c1cccnc1. The highest BCUT2D eigenvalue weighted by atomic mass is 16.4. The quantitative estimate of drug-likeness (QED) is 0.668. The normalized spacial score (nSPS) is 11.4. The summed E-state index contributed by atoms with van der Waals surface area (Å²) < 4.78 is 0. The highest BCUT2D eigenvalue weighted by molar-refractivity contribution is 5.79. The van der Waals surface area contributed by atoms with Gasteiger partial charge in [-0.2, -0.15) is 0 Å². The number of carbonyl (C=O) groups is 1. The van der Waals surface area contributed by atoms with Crippen molar-refractivity contribution in [2.24, 2.45) is 0 Å². The molecule has 0 unspecified atom stereocenters. The standard InChI is InChI=1S/C20H23NO2/c22-20(23)14-8-3-1-2-7-13-19(17-10-5-4-6-11-17)18-12-9-15-21-16-18/h4-6,9-13,15-16H,1-3,7-8,14H2,(H,22,23)/b19-13-. The smallest absolute Gasteiger partial charge is 0.303 e. The average Bonchev–Trinajstić information content (AvgIpc) is 2.59. The zero-order chi connectivity index (χ0) is 16.3. The molecule has 0 radical (unpaired) electrons. The third kappa shape index (κ3) is 6.07. The third-order valence-corrected chi connectivity index (χ3v) is 3.75. The third-order valence-electron chi connectivity index (χ3n) is 3.75. The Labute approximate surface area is 137 Å². The number of carboxylic acids is 1. The van der Waals surface area contributed by atoms with Crippen LogP contribution in [-0.4, -0.2) is 16.1 Å². The molecule has 1 N–H and O–H groups in total. The van der Waals surface area contributed by atoms with Crippen LogP contribution in [0.5, 0.6) is 0 Å². The van der Waals surface area contributed by atoms with Crippen molar-refractivity contribution in [1.29, 1.82) is 0 Å². The molecular formula is C20H23NO2. The van der Waals surface area contributed by atoms with Gasteiger partial charge in [0.25, 0.3) is 0 Å². The highest BCUT2D eigenvalue weighted by Gasteiger charge is 2.04. The summed E-state index contributed by atoms with van der Waals surface area (Å²) in [5.74, 6) is -0.701. The lowest BCUT2D eigenvalue weighted by atomic mass is 9.97. The fraction of sp³-hybridized carbons (Fsp3) is 0.300. The van der Waals surface area contributed by atoms with Crippen LogP contribution in [0.25, 0.3) is 5.57 Å². The van der Waals surface area contributed by atoms with Crippen LogP contribution in [0.4, 0.5) is 0 Å². The van der Waals surface area contributed by atoms with Crippen molar-refractivity contribution in [1.82, 2.24) is 4.98 Å². The molecule has 1 aromatic carbocycles. The molecule has 0 aliphatic rings. The van der Waals surface area contributed by atoms with Crippen molar-refractivity contribution < 1.29 is 9.90 Å². The Morgan fingerprint density at radius 1 is 0.957 bits per heavy atom. The lowest BCUT2D eigenvalue weighted by Gasteiger charge is -2.08. The van der Waals surface area contributed by atoms with Gasteiger partial charge in [-0.3, -0.25) is 9.78 Å². The second kappa shape index (κ2) is 9.57. The number of aromatic nitrogens is 1. The van der Waals surface area contributed by atoms with Gasteiger partial charge in [0.1, 0.15) is 0 Å². The van der Waals surface area contributed by atoms with Crippen LogP contribution in [0.2, 0.25) is 0 Å². The molecule has 2 rings (SSSR count). The first-order chi connectivity index (χ1) is 11.3. The molecular weight excluding hydrogens is 286 g/mol. The van der Waals surface area contributed by atoms with Crippen LogP contribution < -0.4 is 0 Å². The van der Waals surface area contributed by atoms with E-state index in [4.69, 9.17) is 5.11 Å². The van der Waals surface area contributed by atoms with E-state index < -0.39 is 5.97 Å². The Bertz CT molecular complexity index is 579. The Kier molecular flexibility index (Phi) is 7.05. The molecule has 1 heterocycles. The van der Waals surface area contributed by atoms with Crippen molar-refractivity contribution in [3.63, 3.8) is 0 Å². The molecule has 23 heavy (non-hydrogen) atoms. The molecule has 0 aliphatic carbocycles. The molecule has 0 saturated carbocycles. The molecule has 120 valence electrons. The molecule has 0 spiro atoms. The second-order valence-electron chi connectivity index (χ2n) is 5.57. The predicted molar refractivity (Wildman–Crippen MR) is 93.1 cm³/mol. The topological polar surface area (TPSA) is 50.2 Å². The van der Waals surface area contributed by atoms with Gasteiger partial charge in [0, 0.05) is 24.4 Å². The summed E-state index contributed by atoms with van der Waals surface area (Å²) in [5, 5.41) is 8.63. The van der Waals surface area contributed by atoms with Crippen molar-refractivity contribution in [2.75, 3.05) is 0 Å². The van der Waals surface area contributed by atoms with Gasteiger partial charge in [-0.1, -0.05) is 55.3 Å². The summed E-state index contributed by atoms with van der Waals surface area (Å²) in [6, 6.07) is 14.4. The van der Waals surface area contributed by atoms with Gasteiger partial charge < -0.3 is 5.11 Å². The molecule has 1 aromatic heterocycles. The van der Waals surface area contributed by atoms with Crippen LogP contribution in [0, 0.1) is 0 Å². The summed E-state index contributed by atoms with van der Waals surface area (Å²) in [5.41, 5.74) is 3.54. The van der Waals surface area contributed by atoms with Gasteiger partial charge in [-0.15, -0.1) is 0 Å².